The zero-order valence-corrected chi connectivity index (χ0v) is 9.94. The topological polar surface area (TPSA) is 12.0 Å². The van der Waals surface area contributed by atoms with E-state index in [9.17, 15) is 13.2 Å². The number of hydrogen-bond donors (Lipinski definition) is 1. The molecule has 1 aliphatic rings. The van der Waals surface area contributed by atoms with Gasteiger partial charge >= 0.3 is 6.18 Å². The van der Waals surface area contributed by atoms with Gasteiger partial charge in [0.25, 0.3) is 0 Å². The lowest BCUT2D eigenvalue weighted by atomic mass is 10.0. The molecule has 1 heterocycles. The third kappa shape index (κ3) is 2.59. The molecule has 1 aromatic rings. The van der Waals surface area contributed by atoms with Crippen LogP contribution in [-0.2, 0) is 6.18 Å². The number of nitrogens with one attached hydrogen (secondary N) is 1. The summed E-state index contributed by atoms with van der Waals surface area (Å²) in [5.74, 6) is 0. The molecule has 1 aliphatic heterocycles. The van der Waals surface area contributed by atoms with Gasteiger partial charge in [-0.05, 0) is 18.2 Å². The smallest absolute Gasteiger partial charge is 0.355 e. The van der Waals surface area contributed by atoms with Crippen molar-refractivity contribution in [1.82, 2.24) is 5.32 Å². The molecule has 0 aliphatic carbocycles. The molecule has 0 radical (unpaired) electrons. The van der Waals surface area contributed by atoms with E-state index in [0.29, 0.717) is 16.4 Å². The Morgan fingerprint density at radius 1 is 1.11 bits per heavy atom. The third-order valence-electron chi connectivity index (χ3n) is 2.41. The first kappa shape index (κ1) is 12.8. The Morgan fingerprint density at radius 2 is 1.78 bits per heavy atom. The average Bonchev–Trinajstić information content (AvgIpc) is 2.26. The van der Waals surface area contributed by atoms with Gasteiger partial charge in [-0.2, -0.15) is 13.2 Å². The van der Waals surface area contributed by atoms with Crippen LogP contribution in [-0.4, -0.2) is 0 Å². The van der Waals surface area contributed by atoms with Gasteiger partial charge in [0, 0.05) is 22.0 Å². The van der Waals surface area contributed by atoms with Crippen molar-refractivity contribution < 1.29 is 13.2 Å². The molecule has 1 N–H and O–H groups in total. The van der Waals surface area contributed by atoms with Crippen molar-refractivity contribution in [3.05, 3.63) is 64.9 Å². The quantitative estimate of drug-likeness (QED) is 0.804. The van der Waals surface area contributed by atoms with Crippen molar-refractivity contribution in [1.29, 1.82) is 0 Å². The Kier molecular flexibility index (Phi) is 3.22. The van der Waals surface area contributed by atoms with Crippen molar-refractivity contribution in [2.24, 2.45) is 0 Å². The van der Waals surface area contributed by atoms with Gasteiger partial charge in [-0.1, -0.05) is 36.4 Å². The fraction of sp³-hybridized carbons (Fsp3) is 0.0769. The Hall–Kier alpha value is -1.68. The molecule has 0 atom stereocenters. The summed E-state index contributed by atoms with van der Waals surface area (Å²) in [6.07, 6.45) is -1.42. The third-order valence-corrected chi connectivity index (χ3v) is 2.63. The highest BCUT2D eigenvalue weighted by molar-refractivity contribution is 6.32. The molecule has 2 rings (SSSR count). The first-order valence-corrected chi connectivity index (χ1v) is 5.47. The van der Waals surface area contributed by atoms with Crippen LogP contribution in [0.3, 0.4) is 0 Å². The number of halogens is 4. The summed E-state index contributed by atoms with van der Waals surface area (Å²) >= 11 is 5.83. The van der Waals surface area contributed by atoms with Gasteiger partial charge in [0.1, 0.15) is 0 Å². The highest BCUT2D eigenvalue weighted by atomic mass is 35.5. The van der Waals surface area contributed by atoms with Crippen LogP contribution in [0.5, 0.6) is 0 Å². The first-order chi connectivity index (χ1) is 8.38. The maximum Gasteiger partial charge on any atom is 0.417 e. The second-order valence-corrected chi connectivity index (χ2v) is 4.22. The fourth-order valence-corrected chi connectivity index (χ4v) is 1.94. The molecule has 5 heteroatoms. The van der Waals surface area contributed by atoms with Crippen LogP contribution >= 0.6 is 11.6 Å². The summed E-state index contributed by atoms with van der Waals surface area (Å²) in [5, 5.41) is 3.12. The fourth-order valence-electron chi connectivity index (χ4n) is 1.70. The first-order valence-electron chi connectivity index (χ1n) is 5.09. The molecular weight excluding hydrogens is 263 g/mol. The number of alkyl halides is 3. The van der Waals surface area contributed by atoms with Gasteiger partial charge in [0.2, 0.25) is 0 Å². The minimum Gasteiger partial charge on any atom is -0.355 e. The van der Waals surface area contributed by atoms with E-state index in [1.165, 1.54) is 18.2 Å². The normalized spacial score (nSPS) is 15.9. The molecule has 94 valence electrons. The Morgan fingerprint density at radius 3 is 2.39 bits per heavy atom. The number of hydrogen-bond acceptors (Lipinski definition) is 1. The summed E-state index contributed by atoms with van der Waals surface area (Å²) in [6, 6.07) is 5.32. The van der Waals surface area contributed by atoms with E-state index in [0.717, 1.165) is 6.07 Å². The largest absolute Gasteiger partial charge is 0.417 e. The molecule has 1 aromatic carbocycles. The molecule has 1 nitrogen and oxygen atoms in total. The SMILES string of the molecule is C=C1C=C(Cl)C=C(c2ccccc2C(F)(F)F)N1. The van der Waals surface area contributed by atoms with Crippen LogP contribution in [0.15, 0.2) is 53.7 Å². The van der Waals surface area contributed by atoms with Crippen LogP contribution in [0.4, 0.5) is 13.2 Å². The van der Waals surface area contributed by atoms with Gasteiger partial charge < -0.3 is 5.32 Å². The number of dihydropyridines is 1. The van der Waals surface area contributed by atoms with Crippen LogP contribution < -0.4 is 5.32 Å². The highest BCUT2D eigenvalue weighted by Crippen LogP contribution is 2.35. The van der Waals surface area contributed by atoms with Crippen molar-refractivity contribution in [3.8, 4) is 0 Å². The Labute approximate surface area is 107 Å². The molecular formula is C13H9ClF3N. The number of rotatable bonds is 1. The molecule has 18 heavy (non-hydrogen) atoms. The minimum absolute atomic E-state index is 0.0531. The van der Waals surface area contributed by atoms with Crippen molar-refractivity contribution in [2.75, 3.05) is 0 Å². The van der Waals surface area contributed by atoms with E-state index in [4.69, 9.17) is 11.6 Å². The predicted molar refractivity (Wildman–Crippen MR) is 65.6 cm³/mol. The molecule has 0 aromatic heterocycles. The zero-order chi connectivity index (χ0) is 13.3. The van der Waals surface area contributed by atoms with E-state index >= 15 is 0 Å². The van der Waals surface area contributed by atoms with Crippen LogP contribution in [0, 0.1) is 0 Å². The van der Waals surface area contributed by atoms with E-state index in [1.54, 1.807) is 12.1 Å². The average molecular weight is 272 g/mol. The van der Waals surface area contributed by atoms with Crippen LogP contribution in [0.2, 0.25) is 0 Å². The van der Waals surface area contributed by atoms with E-state index in [1.807, 2.05) is 0 Å². The summed E-state index contributed by atoms with van der Waals surface area (Å²) < 4.78 is 38.6. The minimum atomic E-state index is -4.41. The highest BCUT2D eigenvalue weighted by Gasteiger charge is 2.34. The van der Waals surface area contributed by atoms with Gasteiger partial charge in [-0.25, -0.2) is 0 Å². The van der Waals surface area contributed by atoms with Crippen molar-refractivity contribution >= 4 is 17.3 Å². The van der Waals surface area contributed by atoms with E-state index in [2.05, 4.69) is 11.9 Å². The monoisotopic (exact) mass is 271 g/mol. The molecule has 0 bridgehead atoms. The molecule has 0 spiro atoms. The van der Waals surface area contributed by atoms with E-state index < -0.39 is 11.7 Å². The molecule has 0 amide bonds. The Balaban J connectivity index is 2.53. The predicted octanol–water partition coefficient (Wildman–Crippen LogP) is 4.29. The number of benzene rings is 1. The maximum atomic E-state index is 12.9. The molecule has 0 unspecified atom stereocenters. The van der Waals surface area contributed by atoms with E-state index in [-0.39, 0.29) is 5.56 Å². The van der Waals surface area contributed by atoms with Crippen LogP contribution in [0.1, 0.15) is 11.1 Å². The standard InChI is InChI=1S/C13H9ClF3N/c1-8-6-9(14)7-12(18-8)10-4-2-3-5-11(10)13(15,16)17/h2-7,18H,1H2. The number of allylic oxidation sites excluding steroid dienone is 3. The summed E-state index contributed by atoms with van der Waals surface area (Å²) in [5.41, 5.74) is 0.0928. The van der Waals surface area contributed by atoms with Crippen molar-refractivity contribution in [3.63, 3.8) is 0 Å². The molecule has 0 saturated heterocycles. The maximum absolute atomic E-state index is 12.9. The second kappa shape index (κ2) is 4.53. The lowest BCUT2D eigenvalue weighted by Gasteiger charge is -2.19. The van der Waals surface area contributed by atoms with Gasteiger partial charge in [-0.3, -0.25) is 0 Å². The molecule has 0 fully saturated rings. The Bertz CT molecular complexity index is 556. The second-order valence-electron chi connectivity index (χ2n) is 3.78. The zero-order valence-electron chi connectivity index (χ0n) is 9.18. The summed E-state index contributed by atoms with van der Waals surface area (Å²) in [6.45, 7) is 3.64. The summed E-state index contributed by atoms with van der Waals surface area (Å²) in [7, 11) is 0. The van der Waals surface area contributed by atoms with Gasteiger partial charge in [0.05, 0.1) is 5.56 Å². The molecule has 0 saturated carbocycles. The van der Waals surface area contributed by atoms with Crippen LogP contribution in [0.25, 0.3) is 5.70 Å². The van der Waals surface area contributed by atoms with Crippen molar-refractivity contribution in [2.45, 2.75) is 6.18 Å². The summed E-state index contributed by atoms with van der Waals surface area (Å²) in [4.78, 5) is 0. The van der Waals surface area contributed by atoms with Gasteiger partial charge in [-0.15, -0.1) is 0 Å². The lowest BCUT2D eigenvalue weighted by Crippen LogP contribution is -2.17. The van der Waals surface area contributed by atoms with Gasteiger partial charge in [0.15, 0.2) is 0 Å². The lowest BCUT2D eigenvalue weighted by molar-refractivity contribution is -0.137.